The van der Waals surface area contributed by atoms with E-state index in [1.807, 2.05) is 27.2 Å². The van der Waals surface area contributed by atoms with Gasteiger partial charge in [-0.05, 0) is 59.1 Å². The van der Waals surface area contributed by atoms with Gasteiger partial charge in [-0.2, -0.15) is 0 Å². The molecule has 1 unspecified atom stereocenters. The lowest BCUT2D eigenvalue weighted by molar-refractivity contribution is 0.141. The zero-order valence-corrected chi connectivity index (χ0v) is 12.5. The molecule has 1 rings (SSSR count). The van der Waals surface area contributed by atoms with Gasteiger partial charge in [0.1, 0.15) is 5.82 Å². The molecule has 0 bridgehead atoms. The van der Waals surface area contributed by atoms with Crippen LogP contribution in [0.3, 0.4) is 0 Å². The fraction of sp³-hybridized carbons (Fsp3) is 0.571. The first-order chi connectivity index (χ1) is 8.28. The minimum Gasteiger partial charge on any atom is -0.315 e. The molecule has 18 heavy (non-hydrogen) atoms. The van der Waals surface area contributed by atoms with Crippen LogP contribution in [-0.2, 0) is 6.42 Å². The van der Waals surface area contributed by atoms with E-state index in [9.17, 15) is 4.39 Å². The van der Waals surface area contributed by atoms with E-state index in [2.05, 4.69) is 24.1 Å². The molecule has 0 aromatic heterocycles. The van der Waals surface area contributed by atoms with E-state index in [1.165, 1.54) is 6.07 Å². The molecule has 0 fully saturated rings. The van der Waals surface area contributed by atoms with Gasteiger partial charge in [-0.15, -0.1) is 0 Å². The average molecular weight is 273 g/mol. The third-order valence-corrected chi connectivity index (χ3v) is 4.08. The van der Waals surface area contributed by atoms with E-state index in [0.717, 1.165) is 12.0 Å². The topological polar surface area (TPSA) is 15.3 Å². The number of hydrogen-bond donors (Lipinski definition) is 1. The van der Waals surface area contributed by atoms with Crippen LogP contribution in [0.4, 0.5) is 4.39 Å². The number of nitrogens with one attached hydrogen (secondary N) is 1. The first kappa shape index (κ1) is 15.4. The van der Waals surface area contributed by atoms with E-state index in [4.69, 9.17) is 11.6 Å². The van der Waals surface area contributed by atoms with Gasteiger partial charge < -0.3 is 10.2 Å². The van der Waals surface area contributed by atoms with Crippen molar-refractivity contribution in [1.82, 2.24) is 10.2 Å². The first-order valence-corrected chi connectivity index (χ1v) is 6.45. The summed E-state index contributed by atoms with van der Waals surface area (Å²) in [6, 6.07) is 5.23. The van der Waals surface area contributed by atoms with E-state index in [1.54, 1.807) is 6.07 Å². The predicted octanol–water partition coefficient (Wildman–Crippen LogP) is 2.95. The first-order valence-electron chi connectivity index (χ1n) is 6.07. The lowest BCUT2D eigenvalue weighted by atomic mass is 9.88. The van der Waals surface area contributed by atoms with Gasteiger partial charge in [-0.25, -0.2) is 4.39 Å². The van der Waals surface area contributed by atoms with Crippen LogP contribution in [0.1, 0.15) is 19.4 Å². The lowest BCUT2D eigenvalue weighted by Gasteiger charge is -2.40. The van der Waals surface area contributed by atoms with E-state index < -0.39 is 0 Å². The number of benzene rings is 1. The van der Waals surface area contributed by atoms with Gasteiger partial charge in [0.2, 0.25) is 0 Å². The monoisotopic (exact) mass is 272 g/mol. The van der Waals surface area contributed by atoms with Gasteiger partial charge in [-0.3, -0.25) is 0 Å². The average Bonchev–Trinajstić information content (AvgIpc) is 2.30. The molecule has 0 heterocycles. The van der Waals surface area contributed by atoms with Crippen LogP contribution in [0, 0.1) is 5.82 Å². The van der Waals surface area contributed by atoms with Crippen molar-refractivity contribution in [2.45, 2.75) is 31.8 Å². The van der Waals surface area contributed by atoms with Gasteiger partial charge in [-0.1, -0.05) is 17.7 Å². The molecule has 0 spiro atoms. The molecule has 1 aromatic carbocycles. The van der Waals surface area contributed by atoms with E-state index >= 15 is 0 Å². The molecule has 4 heteroatoms. The van der Waals surface area contributed by atoms with Crippen molar-refractivity contribution >= 4 is 11.6 Å². The van der Waals surface area contributed by atoms with Crippen molar-refractivity contribution < 1.29 is 4.39 Å². The molecule has 1 atom stereocenters. The molecule has 2 nitrogen and oxygen atoms in total. The van der Waals surface area contributed by atoms with Crippen molar-refractivity contribution in [2.75, 3.05) is 21.1 Å². The standard InChI is InChI=1S/C14H22ClFN2/c1-14(2,18(4)5)13(17-3)9-10-6-7-11(15)12(16)8-10/h6-8,13,17H,9H2,1-5H3. The van der Waals surface area contributed by atoms with Crippen molar-refractivity contribution in [1.29, 1.82) is 0 Å². The van der Waals surface area contributed by atoms with E-state index in [-0.39, 0.29) is 22.4 Å². The second-order valence-corrected chi connectivity index (χ2v) is 5.75. The van der Waals surface area contributed by atoms with Gasteiger partial charge in [0.05, 0.1) is 5.02 Å². The summed E-state index contributed by atoms with van der Waals surface area (Å²) in [7, 11) is 6.03. The van der Waals surface area contributed by atoms with Gasteiger partial charge in [0, 0.05) is 11.6 Å². The Labute approximate surface area is 114 Å². The van der Waals surface area contributed by atoms with Crippen molar-refractivity contribution in [3.8, 4) is 0 Å². The van der Waals surface area contributed by atoms with Crippen LogP contribution in [-0.4, -0.2) is 37.6 Å². The molecular weight excluding hydrogens is 251 g/mol. The molecule has 0 radical (unpaired) electrons. The third kappa shape index (κ3) is 3.44. The largest absolute Gasteiger partial charge is 0.315 e. The summed E-state index contributed by atoms with van der Waals surface area (Å²) in [5.74, 6) is -0.355. The minimum absolute atomic E-state index is 0.0230. The summed E-state index contributed by atoms with van der Waals surface area (Å²) in [6.07, 6.45) is 0.760. The van der Waals surface area contributed by atoms with Crippen LogP contribution in [0.25, 0.3) is 0 Å². The van der Waals surface area contributed by atoms with Gasteiger partial charge in [0.25, 0.3) is 0 Å². The van der Waals surface area contributed by atoms with E-state index in [0.29, 0.717) is 0 Å². The SMILES string of the molecule is CNC(Cc1ccc(Cl)c(F)c1)C(C)(C)N(C)C. The molecule has 0 aliphatic heterocycles. The Bertz CT molecular complexity index is 405. The summed E-state index contributed by atoms with van der Waals surface area (Å²) in [5.41, 5.74) is 0.927. The third-order valence-electron chi connectivity index (χ3n) is 3.78. The highest BCUT2D eigenvalue weighted by molar-refractivity contribution is 6.30. The highest BCUT2D eigenvalue weighted by Crippen LogP contribution is 2.22. The van der Waals surface area contributed by atoms with Crippen molar-refractivity contribution in [2.24, 2.45) is 0 Å². The quantitative estimate of drug-likeness (QED) is 0.887. The second kappa shape index (κ2) is 6.00. The van der Waals surface area contributed by atoms with Crippen LogP contribution in [0.2, 0.25) is 5.02 Å². The van der Waals surface area contributed by atoms with Crippen LogP contribution in [0.15, 0.2) is 18.2 Å². The molecule has 0 aliphatic carbocycles. The maximum Gasteiger partial charge on any atom is 0.142 e. The Kier molecular flexibility index (Phi) is 5.14. The Morgan fingerprint density at radius 1 is 1.39 bits per heavy atom. The van der Waals surface area contributed by atoms with Crippen LogP contribution < -0.4 is 5.32 Å². The summed E-state index contributed by atoms with van der Waals surface area (Å²) >= 11 is 5.69. The molecule has 1 aromatic rings. The van der Waals surface area contributed by atoms with Gasteiger partial charge >= 0.3 is 0 Å². The zero-order valence-electron chi connectivity index (χ0n) is 11.7. The predicted molar refractivity (Wildman–Crippen MR) is 75.7 cm³/mol. The summed E-state index contributed by atoms with van der Waals surface area (Å²) in [6.45, 7) is 4.33. The molecule has 0 saturated carbocycles. The number of rotatable bonds is 5. The Hall–Kier alpha value is -0.640. The Balaban J connectivity index is 2.89. The van der Waals surface area contributed by atoms with Crippen molar-refractivity contribution in [3.05, 3.63) is 34.6 Å². The molecule has 1 N–H and O–H groups in total. The molecule has 0 saturated heterocycles. The van der Waals surface area contributed by atoms with Crippen LogP contribution >= 0.6 is 11.6 Å². The Morgan fingerprint density at radius 3 is 2.44 bits per heavy atom. The second-order valence-electron chi connectivity index (χ2n) is 5.34. The normalized spacial score (nSPS) is 14.0. The lowest BCUT2D eigenvalue weighted by Crippen LogP contribution is -2.55. The summed E-state index contributed by atoms with van der Waals surface area (Å²) in [5, 5.41) is 3.48. The minimum atomic E-state index is -0.355. The summed E-state index contributed by atoms with van der Waals surface area (Å²) in [4.78, 5) is 2.17. The molecular formula is C14H22ClFN2. The maximum atomic E-state index is 13.4. The Morgan fingerprint density at radius 2 is 2.00 bits per heavy atom. The highest BCUT2D eigenvalue weighted by Gasteiger charge is 2.30. The summed E-state index contributed by atoms with van der Waals surface area (Å²) < 4.78 is 13.4. The molecule has 0 aliphatic rings. The van der Waals surface area contributed by atoms with Crippen molar-refractivity contribution in [3.63, 3.8) is 0 Å². The fourth-order valence-corrected chi connectivity index (χ4v) is 2.04. The number of nitrogens with zero attached hydrogens (tertiary/aromatic N) is 1. The zero-order chi connectivity index (χ0) is 13.9. The smallest absolute Gasteiger partial charge is 0.142 e. The maximum absolute atomic E-state index is 13.4. The number of hydrogen-bond acceptors (Lipinski definition) is 2. The number of likely N-dealkylation sites (N-methyl/N-ethyl adjacent to an activating group) is 2. The molecule has 102 valence electrons. The molecule has 0 amide bonds. The fourth-order valence-electron chi connectivity index (χ4n) is 1.92. The van der Waals surface area contributed by atoms with Gasteiger partial charge in [0.15, 0.2) is 0 Å². The highest BCUT2D eigenvalue weighted by atomic mass is 35.5. The van der Waals surface area contributed by atoms with Crippen LogP contribution in [0.5, 0.6) is 0 Å². The number of halogens is 2.